The summed E-state index contributed by atoms with van der Waals surface area (Å²) < 4.78 is 0. The summed E-state index contributed by atoms with van der Waals surface area (Å²) in [6, 6.07) is 9.63. The van der Waals surface area contributed by atoms with E-state index in [1.54, 1.807) is 6.08 Å². The van der Waals surface area contributed by atoms with E-state index in [-0.39, 0.29) is 5.92 Å². The smallest absolute Gasteiger partial charge is 0.0849 e. The summed E-state index contributed by atoms with van der Waals surface area (Å²) in [6.45, 7) is 5.60. The summed E-state index contributed by atoms with van der Waals surface area (Å²) in [5.74, 6) is 0.104. The van der Waals surface area contributed by atoms with Crippen molar-refractivity contribution in [3.8, 4) is 0 Å². The van der Waals surface area contributed by atoms with Crippen LogP contribution in [-0.4, -0.2) is 5.11 Å². The van der Waals surface area contributed by atoms with Gasteiger partial charge in [-0.25, -0.2) is 0 Å². The lowest BCUT2D eigenvalue weighted by Crippen LogP contribution is -2.05. The second-order valence-corrected chi connectivity index (χ2v) is 2.95. The molecule has 0 amide bonds. The zero-order valence-corrected chi connectivity index (χ0v) is 7.27. The highest BCUT2D eigenvalue weighted by Crippen LogP contribution is 2.21. The van der Waals surface area contributed by atoms with Crippen LogP contribution in [0.15, 0.2) is 43.0 Å². The zero-order valence-electron chi connectivity index (χ0n) is 7.27. The molecule has 0 heterocycles. The quantitative estimate of drug-likeness (QED) is 0.677. The minimum atomic E-state index is -0.427. The van der Waals surface area contributed by atoms with Gasteiger partial charge in [-0.1, -0.05) is 43.3 Å². The van der Waals surface area contributed by atoms with Gasteiger partial charge in [0.15, 0.2) is 0 Å². The lowest BCUT2D eigenvalue weighted by atomic mass is 9.98. The van der Waals surface area contributed by atoms with Crippen LogP contribution in [0.2, 0.25) is 0 Å². The molecule has 2 atom stereocenters. The molecule has 0 aliphatic rings. The Morgan fingerprint density at radius 2 is 1.92 bits per heavy atom. The van der Waals surface area contributed by atoms with Crippen molar-refractivity contribution in [2.45, 2.75) is 13.0 Å². The fourth-order valence-corrected chi connectivity index (χ4v) is 1.08. The standard InChI is InChI=1S/C11H14O/c1-3-9(2)11(12)10-7-5-4-6-8-10/h3-9,11-12H,1H2,2H3/t9?,11-/m0/s1. The molecule has 0 aliphatic heterocycles. The summed E-state index contributed by atoms with van der Waals surface area (Å²) >= 11 is 0. The van der Waals surface area contributed by atoms with Crippen LogP contribution in [0.3, 0.4) is 0 Å². The Morgan fingerprint density at radius 1 is 1.33 bits per heavy atom. The monoisotopic (exact) mass is 162 g/mol. The fourth-order valence-electron chi connectivity index (χ4n) is 1.08. The van der Waals surface area contributed by atoms with Gasteiger partial charge in [0.2, 0.25) is 0 Å². The molecular weight excluding hydrogens is 148 g/mol. The summed E-state index contributed by atoms with van der Waals surface area (Å²) in [4.78, 5) is 0. The number of aliphatic hydroxyl groups excluding tert-OH is 1. The van der Waals surface area contributed by atoms with E-state index in [9.17, 15) is 5.11 Å². The van der Waals surface area contributed by atoms with Crippen molar-refractivity contribution >= 4 is 0 Å². The minimum absolute atomic E-state index is 0.104. The van der Waals surface area contributed by atoms with Crippen LogP contribution in [-0.2, 0) is 0 Å². The van der Waals surface area contributed by atoms with Gasteiger partial charge in [0.05, 0.1) is 6.10 Å². The van der Waals surface area contributed by atoms with Crippen LogP contribution in [0.4, 0.5) is 0 Å². The van der Waals surface area contributed by atoms with Gasteiger partial charge >= 0.3 is 0 Å². The molecule has 1 N–H and O–H groups in total. The lowest BCUT2D eigenvalue weighted by Gasteiger charge is -2.14. The number of hydrogen-bond acceptors (Lipinski definition) is 1. The number of benzene rings is 1. The van der Waals surface area contributed by atoms with E-state index in [0.29, 0.717) is 0 Å². The maximum absolute atomic E-state index is 9.72. The van der Waals surface area contributed by atoms with Crippen molar-refractivity contribution in [3.63, 3.8) is 0 Å². The van der Waals surface area contributed by atoms with Crippen molar-refractivity contribution < 1.29 is 5.11 Å². The van der Waals surface area contributed by atoms with Gasteiger partial charge in [0.25, 0.3) is 0 Å². The van der Waals surface area contributed by atoms with Crippen LogP contribution in [0.25, 0.3) is 0 Å². The molecule has 0 spiro atoms. The third-order valence-electron chi connectivity index (χ3n) is 2.01. The van der Waals surface area contributed by atoms with Crippen LogP contribution in [0.5, 0.6) is 0 Å². The average Bonchev–Trinajstić information content (AvgIpc) is 2.17. The molecule has 0 aromatic heterocycles. The van der Waals surface area contributed by atoms with E-state index in [0.717, 1.165) is 5.56 Å². The van der Waals surface area contributed by atoms with E-state index in [4.69, 9.17) is 0 Å². The summed E-state index contributed by atoms with van der Waals surface area (Å²) in [5, 5.41) is 9.72. The maximum atomic E-state index is 9.72. The summed E-state index contributed by atoms with van der Waals surface area (Å²) in [5.41, 5.74) is 0.949. The van der Waals surface area contributed by atoms with E-state index >= 15 is 0 Å². The molecule has 1 heteroatoms. The van der Waals surface area contributed by atoms with E-state index < -0.39 is 6.10 Å². The Kier molecular flexibility index (Phi) is 3.06. The lowest BCUT2D eigenvalue weighted by molar-refractivity contribution is 0.140. The molecule has 1 aromatic carbocycles. The van der Waals surface area contributed by atoms with Crippen molar-refractivity contribution in [1.82, 2.24) is 0 Å². The average molecular weight is 162 g/mol. The molecule has 0 saturated carbocycles. The third-order valence-corrected chi connectivity index (χ3v) is 2.01. The first kappa shape index (κ1) is 9.01. The van der Waals surface area contributed by atoms with Gasteiger partial charge in [-0.2, -0.15) is 0 Å². The third kappa shape index (κ3) is 1.95. The molecule has 64 valence electrons. The van der Waals surface area contributed by atoms with Gasteiger partial charge < -0.3 is 5.11 Å². The van der Waals surface area contributed by atoms with Crippen molar-refractivity contribution in [2.24, 2.45) is 5.92 Å². The van der Waals surface area contributed by atoms with Gasteiger partial charge in [0.1, 0.15) is 0 Å². The van der Waals surface area contributed by atoms with Crippen LogP contribution in [0.1, 0.15) is 18.6 Å². The topological polar surface area (TPSA) is 20.2 Å². The molecule has 0 fully saturated rings. The van der Waals surface area contributed by atoms with Gasteiger partial charge in [-0.3, -0.25) is 0 Å². The molecule has 1 rings (SSSR count). The van der Waals surface area contributed by atoms with E-state index in [2.05, 4.69) is 6.58 Å². The molecule has 0 saturated heterocycles. The van der Waals surface area contributed by atoms with E-state index in [1.807, 2.05) is 37.3 Å². The Morgan fingerprint density at radius 3 is 2.42 bits per heavy atom. The maximum Gasteiger partial charge on any atom is 0.0849 e. The zero-order chi connectivity index (χ0) is 8.97. The number of aliphatic hydroxyl groups is 1. The predicted molar refractivity (Wildman–Crippen MR) is 50.8 cm³/mol. The molecular formula is C11H14O. The second kappa shape index (κ2) is 4.07. The molecule has 0 radical (unpaired) electrons. The molecule has 1 unspecified atom stereocenters. The highest BCUT2D eigenvalue weighted by atomic mass is 16.3. The highest BCUT2D eigenvalue weighted by Gasteiger charge is 2.11. The Labute approximate surface area is 73.4 Å². The van der Waals surface area contributed by atoms with Crippen molar-refractivity contribution in [1.29, 1.82) is 0 Å². The predicted octanol–water partition coefficient (Wildman–Crippen LogP) is 2.54. The van der Waals surface area contributed by atoms with Crippen LogP contribution >= 0.6 is 0 Å². The van der Waals surface area contributed by atoms with Crippen LogP contribution in [0, 0.1) is 5.92 Å². The second-order valence-electron chi connectivity index (χ2n) is 2.95. The minimum Gasteiger partial charge on any atom is -0.388 e. The Balaban J connectivity index is 2.78. The first-order chi connectivity index (χ1) is 5.75. The number of rotatable bonds is 3. The molecule has 12 heavy (non-hydrogen) atoms. The first-order valence-corrected chi connectivity index (χ1v) is 4.11. The van der Waals surface area contributed by atoms with Crippen molar-refractivity contribution in [2.75, 3.05) is 0 Å². The Bertz CT molecular complexity index is 240. The highest BCUT2D eigenvalue weighted by molar-refractivity contribution is 5.18. The van der Waals surface area contributed by atoms with Gasteiger partial charge in [0, 0.05) is 5.92 Å². The summed E-state index contributed by atoms with van der Waals surface area (Å²) in [7, 11) is 0. The van der Waals surface area contributed by atoms with Crippen molar-refractivity contribution in [3.05, 3.63) is 48.6 Å². The normalized spacial score (nSPS) is 15.2. The fraction of sp³-hybridized carbons (Fsp3) is 0.273. The molecule has 0 bridgehead atoms. The Hall–Kier alpha value is -1.08. The first-order valence-electron chi connectivity index (χ1n) is 4.11. The number of hydrogen-bond donors (Lipinski definition) is 1. The van der Waals surface area contributed by atoms with Gasteiger partial charge in [-0.15, -0.1) is 6.58 Å². The molecule has 1 nitrogen and oxygen atoms in total. The van der Waals surface area contributed by atoms with Crippen LogP contribution < -0.4 is 0 Å². The van der Waals surface area contributed by atoms with Gasteiger partial charge in [-0.05, 0) is 5.56 Å². The SMILES string of the molecule is C=CC(C)[C@H](O)c1ccccc1. The largest absolute Gasteiger partial charge is 0.388 e. The molecule has 1 aromatic rings. The molecule has 0 aliphatic carbocycles. The summed E-state index contributed by atoms with van der Waals surface area (Å²) in [6.07, 6.45) is 1.33. The van der Waals surface area contributed by atoms with E-state index in [1.165, 1.54) is 0 Å².